The van der Waals surface area contributed by atoms with Crippen LogP contribution in [-0.2, 0) is 11.2 Å². The van der Waals surface area contributed by atoms with Crippen LogP contribution in [0.15, 0.2) is 12.1 Å². The number of methoxy groups -OCH3 is 1. The molecule has 0 bridgehead atoms. The molecule has 1 aliphatic rings. The van der Waals surface area contributed by atoms with E-state index in [0.29, 0.717) is 24.5 Å². The van der Waals surface area contributed by atoms with Gasteiger partial charge in [-0.15, -0.1) is 0 Å². The van der Waals surface area contributed by atoms with Crippen LogP contribution in [0.2, 0.25) is 0 Å². The zero-order chi connectivity index (χ0) is 11.7. The van der Waals surface area contributed by atoms with Crippen molar-refractivity contribution in [3.8, 4) is 5.75 Å². The molecule has 5 heteroatoms. The van der Waals surface area contributed by atoms with Gasteiger partial charge in [0.05, 0.1) is 25.1 Å². The molecule has 0 aromatic heterocycles. The Bertz CT molecular complexity index is 431. The highest BCUT2D eigenvalue weighted by Crippen LogP contribution is 2.33. The van der Waals surface area contributed by atoms with E-state index in [1.807, 2.05) is 6.07 Å². The van der Waals surface area contributed by atoms with Crippen LogP contribution >= 0.6 is 0 Å². The Hall–Kier alpha value is -1.91. The fraction of sp³-hybridized carbons (Fsp3) is 0.364. The van der Waals surface area contributed by atoms with Gasteiger partial charge in [0.25, 0.3) is 0 Å². The molecule has 1 aromatic rings. The number of nitrogen functional groups attached to an aromatic ring is 1. The molecule has 86 valence electrons. The van der Waals surface area contributed by atoms with Crippen molar-refractivity contribution in [2.75, 3.05) is 31.4 Å². The largest absolute Gasteiger partial charge is 0.495 e. The monoisotopic (exact) mass is 222 g/mol. The Morgan fingerprint density at radius 1 is 1.50 bits per heavy atom. The van der Waals surface area contributed by atoms with E-state index < -0.39 is 0 Å². The van der Waals surface area contributed by atoms with Crippen molar-refractivity contribution in [1.82, 2.24) is 0 Å². The van der Waals surface area contributed by atoms with Crippen LogP contribution in [0.3, 0.4) is 0 Å². The number of fused-ring (bicyclic) bond motifs is 1. The van der Waals surface area contributed by atoms with E-state index in [9.17, 15) is 4.79 Å². The van der Waals surface area contributed by atoms with Crippen molar-refractivity contribution >= 4 is 17.5 Å². The molecule has 0 unspecified atom stereocenters. The second kappa shape index (κ2) is 3.92. The van der Waals surface area contributed by atoms with Crippen molar-refractivity contribution < 1.29 is 14.3 Å². The average Bonchev–Trinajstić information content (AvgIpc) is 2.39. The summed E-state index contributed by atoms with van der Waals surface area (Å²) in [6, 6.07) is 3.59. The van der Waals surface area contributed by atoms with Gasteiger partial charge in [0.15, 0.2) is 0 Å². The molecule has 1 heterocycles. The lowest BCUT2D eigenvalue weighted by atomic mass is 10.1. The first-order valence-corrected chi connectivity index (χ1v) is 5.00. The van der Waals surface area contributed by atoms with Gasteiger partial charge in [0, 0.05) is 19.5 Å². The normalized spacial score (nSPS) is 15.1. The van der Waals surface area contributed by atoms with Gasteiger partial charge in [-0.2, -0.15) is 0 Å². The predicted molar refractivity (Wildman–Crippen MR) is 60.9 cm³/mol. The number of amides is 1. The van der Waals surface area contributed by atoms with E-state index in [-0.39, 0.29) is 6.09 Å². The topological polar surface area (TPSA) is 64.8 Å². The van der Waals surface area contributed by atoms with Crippen molar-refractivity contribution in [2.45, 2.75) is 6.42 Å². The van der Waals surface area contributed by atoms with Crippen molar-refractivity contribution in [3.63, 3.8) is 0 Å². The van der Waals surface area contributed by atoms with Crippen molar-refractivity contribution in [3.05, 3.63) is 17.7 Å². The third-order valence-corrected chi connectivity index (χ3v) is 2.66. The summed E-state index contributed by atoms with van der Waals surface area (Å²) >= 11 is 0. The lowest BCUT2D eigenvalue weighted by molar-refractivity contribution is 0.159. The summed E-state index contributed by atoms with van der Waals surface area (Å²) in [7, 11) is 3.22. The molecule has 0 saturated carbocycles. The van der Waals surface area contributed by atoms with Crippen LogP contribution in [0.4, 0.5) is 16.2 Å². The van der Waals surface area contributed by atoms with Gasteiger partial charge in [-0.25, -0.2) is 4.79 Å². The summed E-state index contributed by atoms with van der Waals surface area (Å²) in [6.45, 7) is 0.377. The average molecular weight is 222 g/mol. The van der Waals surface area contributed by atoms with Crippen LogP contribution in [0, 0.1) is 0 Å². The van der Waals surface area contributed by atoms with E-state index >= 15 is 0 Å². The maximum absolute atomic E-state index is 11.5. The number of cyclic esters (lactones) is 1. The van der Waals surface area contributed by atoms with Gasteiger partial charge in [0.1, 0.15) is 5.75 Å². The minimum Gasteiger partial charge on any atom is -0.495 e. The third kappa shape index (κ3) is 1.64. The van der Waals surface area contributed by atoms with Crippen molar-refractivity contribution in [2.24, 2.45) is 0 Å². The van der Waals surface area contributed by atoms with Gasteiger partial charge in [-0.3, -0.25) is 4.90 Å². The number of benzene rings is 1. The molecule has 1 aliphatic heterocycles. The Morgan fingerprint density at radius 2 is 2.25 bits per heavy atom. The molecule has 5 nitrogen and oxygen atoms in total. The maximum atomic E-state index is 11.5. The highest BCUT2D eigenvalue weighted by molar-refractivity contribution is 5.89. The lowest BCUT2D eigenvalue weighted by Gasteiger charge is -2.17. The second-order valence-electron chi connectivity index (χ2n) is 3.65. The molecule has 0 saturated heterocycles. The molecule has 0 radical (unpaired) electrons. The van der Waals surface area contributed by atoms with E-state index in [2.05, 4.69) is 0 Å². The molecule has 0 atom stereocenters. The number of carbonyl (C=O) groups excluding carboxylic acids is 1. The SMILES string of the molecule is COc1cc2c(cc1N)CCOC(=O)N2C. The number of anilines is 2. The number of nitrogens with two attached hydrogens (primary N) is 1. The van der Waals surface area contributed by atoms with Crippen LogP contribution in [0.5, 0.6) is 5.75 Å². The number of rotatable bonds is 1. The zero-order valence-corrected chi connectivity index (χ0v) is 9.32. The first-order chi connectivity index (χ1) is 7.63. The molecule has 0 spiro atoms. The molecule has 2 N–H and O–H groups in total. The molecule has 16 heavy (non-hydrogen) atoms. The fourth-order valence-corrected chi connectivity index (χ4v) is 1.77. The molecule has 0 aliphatic carbocycles. The summed E-state index contributed by atoms with van der Waals surface area (Å²) in [6.07, 6.45) is 0.310. The first kappa shape index (κ1) is 10.6. The molecule has 1 amide bonds. The summed E-state index contributed by atoms with van der Waals surface area (Å²) in [5, 5.41) is 0. The van der Waals surface area contributed by atoms with E-state index in [0.717, 1.165) is 11.3 Å². The minimum atomic E-state index is -0.356. The molecular weight excluding hydrogens is 208 g/mol. The Kier molecular flexibility index (Phi) is 2.60. The number of hydrogen-bond donors (Lipinski definition) is 1. The standard InChI is InChI=1S/C11H14N2O3/c1-13-9-6-10(15-2)8(12)5-7(9)3-4-16-11(13)14/h5-6H,3-4,12H2,1-2H3. The molecule has 1 aromatic carbocycles. The van der Waals surface area contributed by atoms with Crippen LogP contribution in [0.25, 0.3) is 0 Å². The molecular formula is C11H14N2O3. The minimum absolute atomic E-state index is 0.356. The number of hydrogen-bond acceptors (Lipinski definition) is 4. The summed E-state index contributed by atoms with van der Waals surface area (Å²) in [5.41, 5.74) is 8.17. The van der Waals surface area contributed by atoms with E-state index in [1.165, 1.54) is 4.90 Å². The van der Waals surface area contributed by atoms with Crippen LogP contribution in [-0.4, -0.2) is 26.9 Å². The quantitative estimate of drug-likeness (QED) is 0.729. The zero-order valence-electron chi connectivity index (χ0n) is 9.32. The fourth-order valence-electron chi connectivity index (χ4n) is 1.77. The number of nitrogens with zero attached hydrogens (tertiary/aromatic N) is 1. The van der Waals surface area contributed by atoms with Crippen LogP contribution in [0.1, 0.15) is 5.56 Å². The van der Waals surface area contributed by atoms with Crippen molar-refractivity contribution in [1.29, 1.82) is 0 Å². The Balaban J connectivity index is 2.53. The lowest BCUT2D eigenvalue weighted by Crippen LogP contribution is -2.25. The van der Waals surface area contributed by atoms with E-state index in [4.69, 9.17) is 15.2 Å². The smallest absolute Gasteiger partial charge is 0.414 e. The highest BCUT2D eigenvalue weighted by Gasteiger charge is 2.21. The number of carbonyl (C=O) groups is 1. The summed E-state index contributed by atoms with van der Waals surface area (Å²) < 4.78 is 10.1. The molecule has 2 rings (SSSR count). The predicted octanol–water partition coefficient (Wildman–Crippen LogP) is 1.41. The van der Waals surface area contributed by atoms with Gasteiger partial charge in [-0.05, 0) is 11.6 Å². The second-order valence-corrected chi connectivity index (χ2v) is 3.65. The van der Waals surface area contributed by atoms with Gasteiger partial charge in [-0.1, -0.05) is 0 Å². The Morgan fingerprint density at radius 3 is 2.94 bits per heavy atom. The summed E-state index contributed by atoms with van der Waals surface area (Å²) in [5.74, 6) is 0.570. The highest BCUT2D eigenvalue weighted by atomic mass is 16.6. The third-order valence-electron chi connectivity index (χ3n) is 2.66. The van der Waals surface area contributed by atoms with Gasteiger partial charge >= 0.3 is 6.09 Å². The van der Waals surface area contributed by atoms with E-state index in [1.54, 1.807) is 20.2 Å². The number of ether oxygens (including phenoxy) is 2. The first-order valence-electron chi connectivity index (χ1n) is 5.00. The van der Waals surface area contributed by atoms with Crippen LogP contribution < -0.4 is 15.4 Å². The van der Waals surface area contributed by atoms with Gasteiger partial charge in [0.2, 0.25) is 0 Å². The van der Waals surface area contributed by atoms with Gasteiger partial charge < -0.3 is 15.2 Å². The Labute approximate surface area is 93.7 Å². The molecule has 0 fully saturated rings. The maximum Gasteiger partial charge on any atom is 0.414 e. The summed E-state index contributed by atoms with van der Waals surface area (Å²) in [4.78, 5) is 13.0.